The van der Waals surface area contributed by atoms with E-state index in [2.05, 4.69) is 10.9 Å². The zero-order valence-corrected chi connectivity index (χ0v) is 16.0. The Morgan fingerprint density at radius 3 is 2.30 bits per heavy atom. The lowest BCUT2D eigenvalue weighted by Gasteiger charge is -2.29. The molecule has 0 saturated heterocycles. The molecule has 146 valence electrons. The van der Waals surface area contributed by atoms with E-state index in [9.17, 15) is 19.5 Å². The molecule has 0 bridgehead atoms. The number of benzene rings is 1. The Hall–Kier alpha value is -2.83. The van der Waals surface area contributed by atoms with E-state index in [1.807, 2.05) is 32.9 Å². The van der Waals surface area contributed by atoms with Crippen LogP contribution in [0.1, 0.15) is 39.2 Å². The SMILES string of the molecule is CC1=C(C)C[C@H](C(=O)NNC(=O)[C@H](C)Oc2cccc(C)c2)[C@@H](C(=O)O)C1. The van der Waals surface area contributed by atoms with Crippen LogP contribution in [0.2, 0.25) is 0 Å². The summed E-state index contributed by atoms with van der Waals surface area (Å²) in [4.78, 5) is 36.1. The summed E-state index contributed by atoms with van der Waals surface area (Å²) in [5, 5.41) is 9.40. The van der Waals surface area contributed by atoms with Gasteiger partial charge < -0.3 is 9.84 Å². The number of carboxylic acids is 1. The van der Waals surface area contributed by atoms with Gasteiger partial charge in [0.1, 0.15) is 5.75 Å². The Labute approximate surface area is 158 Å². The van der Waals surface area contributed by atoms with Gasteiger partial charge in [-0.25, -0.2) is 0 Å². The van der Waals surface area contributed by atoms with Gasteiger partial charge in [-0.15, -0.1) is 0 Å². The van der Waals surface area contributed by atoms with Gasteiger partial charge in [0.25, 0.3) is 5.91 Å². The summed E-state index contributed by atoms with van der Waals surface area (Å²) in [6.45, 7) is 7.26. The number of rotatable bonds is 5. The first-order chi connectivity index (χ1) is 12.7. The van der Waals surface area contributed by atoms with Crippen molar-refractivity contribution in [2.24, 2.45) is 11.8 Å². The molecule has 2 rings (SSSR count). The highest BCUT2D eigenvalue weighted by atomic mass is 16.5. The second kappa shape index (κ2) is 8.70. The minimum atomic E-state index is -1.01. The highest BCUT2D eigenvalue weighted by Crippen LogP contribution is 2.34. The second-order valence-corrected chi connectivity index (χ2v) is 7.08. The maximum absolute atomic E-state index is 12.4. The molecule has 0 aromatic heterocycles. The van der Waals surface area contributed by atoms with Gasteiger partial charge in [-0.1, -0.05) is 23.3 Å². The number of amides is 2. The molecule has 27 heavy (non-hydrogen) atoms. The first-order valence-corrected chi connectivity index (χ1v) is 8.90. The van der Waals surface area contributed by atoms with Crippen LogP contribution in [0.15, 0.2) is 35.4 Å². The maximum Gasteiger partial charge on any atom is 0.307 e. The lowest BCUT2D eigenvalue weighted by molar-refractivity contribution is -0.148. The highest BCUT2D eigenvalue weighted by Gasteiger charge is 2.37. The van der Waals surface area contributed by atoms with Crippen LogP contribution in [0.4, 0.5) is 0 Å². The molecule has 0 spiro atoms. The normalized spacial score (nSPS) is 20.6. The summed E-state index contributed by atoms with van der Waals surface area (Å²) in [5.74, 6) is -3.00. The van der Waals surface area contributed by atoms with Crippen molar-refractivity contribution in [3.8, 4) is 5.75 Å². The third-order valence-corrected chi connectivity index (χ3v) is 4.90. The van der Waals surface area contributed by atoms with Crippen molar-refractivity contribution < 1.29 is 24.2 Å². The van der Waals surface area contributed by atoms with Gasteiger partial charge in [0.15, 0.2) is 6.10 Å². The minimum absolute atomic E-state index is 0.333. The van der Waals surface area contributed by atoms with Crippen LogP contribution in [0, 0.1) is 18.8 Å². The Balaban J connectivity index is 1.93. The number of hydrazine groups is 1. The number of carboxylic acid groups (broad SMARTS) is 1. The number of carbonyl (C=O) groups is 3. The summed E-state index contributed by atoms with van der Waals surface area (Å²) >= 11 is 0. The van der Waals surface area contributed by atoms with Crippen molar-refractivity contribution in [1.29, 1.82) is 0 Å². The summed E-state index contributed by atoms with van der Waals surface area (Å²) in [6.07, 6.45) is -0.127. The van der Waals surface area contributed by atoms with Crippen LogP contribution in [-0.4, -0.2) is 29.0 Å². The van der Waals surface area contributed by atoms with E-state index < -0.39 is 35.7 Å². The van der Waals surface area contributed by atoms with Gasteiger partial charge in [0, 0.05) is 0 Å². The van der Waals surface area contributed by atoms with E-state index in [0.29, 0.717) is 18.6 Å². The summed E-state index contributed by atoms with van der Waals surface area (Å²) in [6, 6.07) is 7.29. The topological polar surface area (TPSA) is 105 Å². The molecule has 0 radical (unpaired) electrons. The molecular weight excluding hydrogens is 348 g/mol. The number of aryl methyl sites for hydroxylation is 1. The number of ether oxygens (including phenoxy) is 1. The molecule has 3 atom stereocenters. The minimum Gasteiger partial charge on any atom is -0.481 e. The van der Waals surface area contributed by atoms with Crippen LogP contribution < -0.4 is 15.6 Å². The predicted octanol–water partition coefficient (Wildman–Crippen LogP) is 2.36. The number of hydrogen-bond donors (Lipinski definition) is 3. The molecule has 0 saturated carbocycles. The Bertz CT molecular complexity index is 771. The van der Waals surface area contributed by atoms with E-state index >= 15 is 0 Å². The van der Waals surface area contributed by atoms with Crippen LogP contribution in [0.3, 0.4) is 0 Å². The van der Waals surface area contributed by atoms with Crippen molar-refractivity contribution in [2.45, 2.75) is 46.6 Å². The third kappa shape index (κ3) is 5.32. The first kappa shape index (κ1) is 20.5. The third-order valence-electron chi connectivity index (χ3n) is 4.90. The van der Waals surface area contributed by atoms with Crippen LogP contribution >= 0.6 is 0 Å². The molecule has 1 aromatic carbocycles. The molecule has 0 heterocycles. The van der Waals surface area contributed by atoms with E-state index in [4.69, 9.17) is 4.74 Å². The quantitative estimate of drug-likeness (QED) is 0.542. The van der Waals surface area contributed by atoms with E-state index in [-0.39, 0.29) is 0 Å². The molecular formula is C20H26N2O5. The summed E-state index contributed by atoms with van der Waals surface area (Å²) in [5.41, 5.74) is 7.68. The summed E-state index contributed by atoms with van der Waals surface area (Å²) < 4.78 is 5.56. The molecule has 0 unspecified atom stereocenters. The zero-order valence-electron chi connectivity index (χ0n) is 16.0. The smallest absolute Gasteiger partial charge is 0.307 e. The van der Waals surface area contributed by atoms with Gasteiger partial charge >= 0.3 is 5.97 Å². The number of carbonyl (C=O) groups excluding carboxylic acids is 2. The number of nitrogens with one attached hydrogen (secondary N) is 2. The number of aliphatic carboxylic acids is 1. The molecule has 2 amide bonds. The fourth-order valence-corrected chi connectivity index (χ4v) is 3.09. The van der Waals surface area contributed by atoms with E-state index in [1.165, 1.54) is 0 Å². The number of hydrogen-bond acceptors (Lipinski definition) is 4. The average molecular weight is 374 g/mol. The largest absolute Gasteiger partial charge is 0.481 e. The van der Waals surface area contributed by atoms with Gasteiger partial charge in [-0.3, -0.25) is 25.2 Å². The Morgan fingerprint density at radius 2 is 1.70 bits per heavy atom. The molecule has 1 aromatic rings. The van der Waals surface area contributed by atoms with Gasteiger partial charge in [0.2, 0.25) is 5.91 Å². The van der Waals surface area contributed by atoms with Crippen LogP contribution in [0.5, 0.6) is 5.75 Å². The number of allylic oxidation sites excluding steroid dienone is 2. The fourth-order valence-electron chi connectivity index (χ4n) is 3.09. The molecule has 7 nitrogen and oxygen atoms in total. The van der Waals surface area contributed by atoms with Gasteiger partial charge in [0.05, 0.1) is 11.8 Å². The van der Waals surface area contributed by atoms with Crippen molar-refractivity contribution in [2.75, 3.05) is 0 Å². The molecule has 7 heteroatoms. The molecule has 0 aliphatic heterocycles. The molecule has 1 aliphatic carbocycles. The lowest BCUT2D eigenvalue weighted by Crippen LogP contribution is -2.51. The zero-order chi connectivity index (χ0) is 20.1. The van der Waals surface area contributed by atoms with Crippen LogP contribution in [-0.2, 0) is 14.4 Å². The monoisotopic (exact) mass is 374 g/mol. The standard InChI is InChI=1S/C20H26N2O5/c1-11-6-5-7-15(8-11)27-14(4)18(23)21-22-19(24)16-9-12(2)13(3)10-17(16)20(25)26/h5-8,14,16-17H,9-10H2,1-4H3,(H,21,23)(H,22,24)(H,25,26)/t14-,16-,17-/m0/s1. The van der Waals surface area contributed by atoms with Gasteiger partial charge in [-0.2, -0.15) is 0 Å². The Kier molecular flexibility index (Phi) is 6.60. The van der Waals surface area contributed by atoms with Gasteiger partial charge in [-0.05, 0) is 58.2 Å². The second-order valence-electron chi connectivity index (χ2n) is 7.08. The van der Waals surface area contributed by atoms with Crippen molar-refractivity contribution in [3.05, 3.63) is 41.0 Å². The van der Waals surface area contributed by atoms with Crippen molar-refractivity contribution in [3.63, 3.8) is 0 Å². The van der Waals surface area contributed by atoms with Crippen molar-refractivity contribution in [1.82, 2.24) is 10.9 Å². The Morgan fingerprint density at radius 1 is 1.07 bits per heavy atom. The van der Waals surface area contributed by atoms with E-state index in [0.717, 1.165) is 16.7 Å². The first-order valence-electron chi connectivity index (χ1n) is 8.90. The predicted molar refractivity (Wildman–Crippen MR) is 99.8 cm³/mol. The van der Waals surface area contributed by atoms with E-state index in [1.54, 1.807) is 19.1 Å². The maximum atomic E-state index is 12.4. The van der Waals surface area contributed by atoms with Crippen LogP contribution in [0.25, 0.3) is 0 Å². The molecule has 3 N–H and O–H groups in total. The molecule has 1 aliphatic rings. The highest BCUT2D eigenvalue weighted by molar-refractivity contribution is 5.88. The average Bonchev–Trinajstić information content (AvgIpc) is 2.61. The fraction of sp³-hybridized carbons (Fsp3) is 0.450. The van der Waals surface area contributed by atoms with Crippen molar-refractivity contribution >= 4 is 17.8 Å². The molecule has 0 fully saturated rings. The lowest BCUT2D eigenvalue weighted by atomic mass is 9.76. The summed E-state index contributed by atoms with van der Waals surface area (Å²) in [7, 11) is 0.